The smallest absolute Gasteiger partial charge is 0.343 e. The molecule has 9 heteroatoms. The number of esters is 1. The lowest BCUT2D eigenvalue weighted by atomic mass is 10.2. The Morgan fingerprint density at radius 2 is 1.67 bits per heavy atom. The second-order valence-electron chi connectivity index (χ2n) is 6.65. The number of carbonyl (C=O) groups is 2. The minimum Gasteiger partial charge on any atom is -0.495 e. The van der Waals surface area contributed by atoms with E-state index in [1.807, 2.05) is 12.1 Å². The van der Waals surface area contributed by atoms with Crippen molar-refractivity contribution in [2.45, 2.75) is 0 Å². The van der Waals surface area contributed by atoms with E-state index in [1.165, 1.54) is 43.7 Å². The molecule has 2 N–H and O–H groups in total. The van der Waals surface area contributed by atoms with Crippen LogP contribution >= 0.6 is 0 Å². The van der Waals surface area contributed by atoms with Gasteiger partial charge >= 0.3 is 5.97 Å². The molecule has 0 heterocycles. The molecule has 0 atom stereocenters. The molecule has 1 amide bonds. The summed E-state index contributed by atoms with van der Waals surface area (Å²) in [4.78, 5) is 24.3. The van der Waals surface area contributed by atoms with Crippen molar-refractivity contribution in [1.29, 1.82) is 0 Å². The van der Waals surface area contributed by atoms with Gasteiger partial charge < -0.3 is 19.5 Å². The van der Waals surface area contributed by atoms with Crippen LogP contribution in [0.2, 0.25) is 0 Å². The monoisotopic (exact) mass is 451 g/mol. The van der Waals surface area contributed by atoms with Crippen LogP contribution in [0.25, 0.3) is 0 Å². The zero-order valence-electron chi connectivity index (χ0n) is 18.0. The fraction of sp³-hybridized carbons (Fsp3) is 0.125. The molecule has 3 aromatic carbocycles. The fourth-order valence-corrected chi connectivity index (χ4v) is 2.78. The summed E-state index contributed by atoms with van der Waals surface area (Å²) in [7, 11) is 2.98. The molecule has 0 fully saturated rings. The first kappa shape index (κ1) is 23.3. The van der Waals surface area contributed by atoms with Crippen LogP contribution in [-0.2, 0) is 4.79 Å². The number of amides is 1. The number of nitrogens with one attached hydrogen (secondary N) is 2. The van der Waals surface area contributed by atoms with Crippen LogP contribution in [0.3, 0.4) is 0 Å². The Balaban J connectivity index is 1.56. The molecule has 0 aliphatic rings. The minimum atomic E-state index is -0.649. The van der Waals surface area contributed by atoms with Gasteiger partial charge in [-0.15, -0.1) is 0 Å². The highest BCUT2D eigenvalue weighted by atomic mass is 19.1. The van der Waals surface area contributed by atoms with Gasteiger partial charge in [-0.1, -0.05) is 12.1 Å². The number of benzene rings is 3. The number of nitrogens with zero attached hydrogens (tertiary/aromatic N) is 1. The summed E-state index contributed by atoms with van der Waals surface area (Å²) in [5, 5.41) is 6.90. The summed E-state index contributed by atoms with van der Waals surface area (Å²) >= 11 is 0. The molecule has 0 aliphatic heterocycles. The zero-order chi connectivity index (χ0) is 23.6. The highest BCUT2D eigenvalue weighted by Gasteiger charge is 2.13. The predicted molar refractivity (Wildman–Crippen MR) is 122 cm³/mol. The van der Waals surface area contributed by atoms with Crippen LogP contribution in [0.1, 0.15) is 15.9 Å². The SMILES string of the molecule is COc1ccccc1NCC(=O)NN=Cc1ccc(OC(=O)c2ccc(F)cc2)c(OC)c1. The first-order valence-corrected chi connectivity index (χ1v) is 9.84. The Hall–Kier alpha value is -4.40. The number of hydrogen-bond donors (Lipinski definition) is 2. The van der Waals surface area contributed by atoms with Gasteiger partial charge in [0.25, 0.3) is 5.91 Å². The number of methoxy groups -OCH3 is 2. The van der Waals surface area contributed by atoms with E-state index in [-0.39, 0.29) is 23.8 Å². The third kappa shape index (κ3) is 6.54. The van der Waals surface area contributed by atoms with E-state index in [0.717, 1.165) is 0 Å². The van der Waals surface area contributed by atoms with Crippen molar-refractivity contribution in [3.8, 4) is 17.2 Å². The second-order valence-corrected chi connectivity index (χ2v) is 6.65. The van der Waals surface area contributed by atoms with Gasteiger partial charge in [-0.3, -0.25) is 4.79 Å². The molecular weight excluding hydrogens is 429 g/mol. The number of hydrogen-bond acceptors (Lipinski definition) is 7. The van der Waals surface area contributed by atoms with Gasteiger partial charge in [-0.2, -0.15) is 5.10 Å². The average molecular weight is 451 g/mol. The number of halogens is 1. The molecule has 0 saturated heterocycles. The Labute approximate surface area is 190 Å². The van der Waals surface area contributed by atoms with Crippen LogP contribution in [0.4, 0.5) is 10.1 Å². The molecule has 0 unspecified atom stereocenters. The highest BCUT2D eigenvalue weighted by molar-refractivity contribution is 5.91. The minimum absolute atomic E-state index is 0.000685. The molecule has 0 saturated carbocycles. The maximum absolute atomic E-state index is 13.0. The van der Waals surface area contributed by atoms with Crippen LogP contribution in [0.15, 0.2) is 71.8 Å². The lowest BCUT2D eigenvalue weighted by Crippen LogP contribution is -2.26. The molecular formula is C24H22FN3O5. The van der Waals surface area contributed by atoms with E-state index in [4.69, 9.17) is 14.2 Å². The summed E-state index contributed by atoms with van der Waals surface area (Å²) in [6, 6.07) is 17.0. The van der Waals surface area contributed by atoms with Crippen molar-refractivity contribution < 1.29 is 28.2 Å². The number of anilines is 1. The average Bonchev–Trinajstić information content (AvgIpc) is 2.84. The Morgan fingerprint density at radius 3 is 2.39 bits per heavy atom. The fourth-order valence-electron chi connectivity index (χ4n) is 2.78. The van der Waals surface area contributed by atoms with E-state index in [0.29, 0.717) is 22.7 Å². The molecule has 3 rings (SSSR count). The summed E-state index contributed by atoms with van der Waals surface area (Å²) in [5.41, 5.74) is 3.91. The second kappa shape index (κ2) is 11.3. The van der Waals surface area contributed by atoms with Crippen molar-refractivity contribution >= 4 is 23.8 Å². The molecule has 3 aromatic rings. The summed E-state index contributed by atoms with van der Waals surface area (Å²) in [6.45, 7) is -0.000685. The van der Waals surface area contributed by atoms with Crippen LogP contribution in [-0.4, -0.2) is 38.9 Å². The molecule has 0 aliphatic carbocycles. The zero-order valence-corrected chi connectivity index (χ0v) is 18.0. The Bertz CT molecular complexity index is 1150. The predicted octanol–water partition coefficient (Wildman–Crippen LogP) is 3.62. The quantitative estimate of drug-likeness (QED) is 0.223. The Kier molecular flexibility index (Phi) is 7.96. The first-order chi connectivity index (χ1) is 16.0. The summed E-state index contributed by atoms with van der Waals surface area (Å²) in [5.74, 6) is -0.345. The third-order valence-corrected chi connectivity index (χ3v) is 4.42. The van der Waals surface area contributed by atoms with E-state index >= 15 is 0 Å². The van der Waals surface area contributed by atoms with Gasteiger partial charge in [0.2, 0.25) is 0 Å². The van der Waals surface area contributed by atoms with E-state index in [2.05, 4.69) is 15.8 Å². The van der Waals surface area contributed by atoms with Crippen LogP contribution in [0, 0.1) is 5.82 Å². The standard InChI is InChI=1S/C24H22FN3O5/c1-31-20-6-4-3-5-19(20)26-15-23(29)28-27-14-16-7-12-21(22(13-16)32-2)33-24(30)17-8-10-18(25)11-9-17/h3-14,26H,15H2,1-2H3,(H,28,29). The molecule has 0 bridgehead atoms. The maximum Gasteiger partial charge on any atom is 0.343 e. The highest BCUT2D eigenvalue weighted by Crippen LogP contribution is 2.28. The molecule has 8 nitrogen and oxygen atoms in total. The first-order valence-electron chi connectivity index (χ1n) is 9.84. The molecule has 0 spiro atoms. The maximum atomic E-state index is 13.0. The van der Waals surface area contributed by atoms with Crippen molar-refractivity contribution in [2.75, 3.05) is 26.1 Å². The van der Waals surface area contributed by atoms with Crippen LogP contribution < -0.4 is 25.0 Å². The van der Waals surface area contributed by atoms with Gasteiger partial charge in [0, 0.05) is 0 Å². The number of para-hydroxylation sites is 2. The third-order valence-electron chi connectivity index (χ3n) is 4.42. The largest absolute Gasteiger partial charge is 0.495 e. The van der Waals surface area contributed by atoms with E-state index in [9.17, 15) is 14.0 Å². The van der Waals surface area contributed by atoms with E-state index in [1.54, 1.807) is 31.4 Å². The van der Waals surface area contributed by atoms with Crippen LogP contribution in [0.5, 0.6) is 17.2 Å². The van der Waals surface area contributed by atoms with Gasteiger partial charge in [0.1, 0.15) is 11.6 Å². The normalized spacial score (nSPS) is 10.5. The lowest BCUT2D eigenvalue weighted by molar-refractivity contribution is -0.119. The van der Waals surface area contributed by atoms with Crippen molar-refractivity contribution in [3.05, 3.63) is 83.7 Å². The summed E-state index contributed by atoms with van der Waals surface area (Å²) < 4.78 is 28.8. The van der Waals surface area contributed by atoms with Crippen molar-refractivity contribution in [1.82, 2.24) is 5.43 Å². The number of hydrazone groups is 1. The molecule has 0 aromatic heterocycles. The van der Waals surface area contributed by atoms with Gasteiger partial charge in [0.15, 0.2) is 11.5 Å². The summed E-state index contributed by atoms with van der Waals surface area (Å²) in [6.07, 6.45) is 1.43. The Morgan fingerprint density at radius 1 is 0.939 bits per heavy atom. The number of rotatable bonds is 9. The number of carbonyl (C=O) groups excluding carboxylic acids is 2. The van der Waals surface area contributed by atoms with E-state index < -0.39 is 11.8 Å². The van der Waals surface area contributed by atoms with Gasteiger partial charge in [-0.25, -0.2) is 14.6 Å². The van der Waals surface area contributed by atoms with Gasteiger partial charge in [-0.05, 0) is 60.2 Å². The lowest BCUT2D eigenvalue weighted by Gasteiger charge is -2.10. The molecule has 170 valence electrons. The molecule has 0 radical (unpaired) electrons. The molecule has 33 heavy (non-hydrogen) atoms. The topological polar surface area (TPSA) is 98.3 Å². The number of ether oxygens (including phenoxy) is 3. The van der Waals surface area contributed by atoms with Crippen molar-refractivity contribution in [3.63, 3.8) is 0 Å². The van der Waals surface area contributed by atoms with Gasteiger partial charge in [0.05, 0.1) is 38.2 Å². The van der Waals surface area contributed by atoms with Crippen molar-refractivity contribution in [2.24, 2.45) is 5.10 Å².